The van der Waals surface area contributed by atoms with Gasteiger partial charge in [-0.3, -0.25) is 0 Å². The minimum Gasteiger partial charge on any atom is -0.497 e. The van der Waals surface area contributed by atoms with Crippen LogP contribution in [-0.4, -0.2) is 43.3 Å². The van der Waals surface area contributed by atoms with Crippen molar-refractivity contribution in [2.24, 2.45) is 0 Å². The van der Waals surface area contributed by atoms with E-state index in [1.807, 2.05) is 24.3 Å². The fourth-order valence-electron chi connectivity index (χ4n) is 3.25. The van der Waals surface area contributed by atoms with Gasteiger partial charge in [0.1, 0.15) is 17.9 Å². The standard InChI is InChI=1S/C19H19BrN4O/c1-25-16-4-2-3-15(12-16)23-7-9-24(10-8-23)19-17-6-5-14(20)11-18(17)21-13-22-19/h2-6,11-13H,7-10H2,1H3. The molecule has 0 aliphatic carbocycles. The molecule has 0 radical (unpaired) electrons. The third-order valence-electron chi connectivity index (χ3n) is 4.58. The zero-order chi connectivity index (χ0) is 17.2. The minimum absolute atomic E-state index is 0.896. The lowest BCUT2D eigenvalue weighted by molar-refractivity contribution is 0.414. The van der Waals surface area contributed by atoms with E-state index >= 15 is 0 Å². The van der Waals surface area contributed by atoms with Crippen LogP contribution in [-0.2, 0) is 0 Å². The van der Waals surface area contributed by atoms with Crippen LogP contribution in [0.1, 0.15) is 0 Å². The molecule has 25 heavy (non-hydrogen) atoms. The van der Waals surface area contributed by atoms with Crippen LogP contribution in [0.5, 0.6) is 5.75 Å². The second-order valence-electron chi connectivity index (χ2n) is 6.03. The average molecular weight is 399 g/mol. The number of methoxy groups -OCH3 is 1. The number of halogens is 1. The van der Waals surface area contributed by atoms with E-state index in [1.165, 1.54) is 5.69 Å². The van der Waals surface area contributed by atoms with Gasteiger partial charge < -0.3 is 14.5 Å². The topological polar surface area (TPSA) is 41.5 Å². The number of aromatic nitrogens is 2. The molecular formula is C19H19BrN4O. The Morgan fingerprint density at radius 1 is 0.960 bits per heavy atom. The van der Waals surface area contributed by atoms with Gasteiger partial charge in [-0.05, 0) is 30.3 Å². The molecule has 0 saturated carbocycles. The zero-order valence-electron chi connectivity index (χ0n) is 14.0. The molecular weight excluding hydrogens is 380 g/mol. The minimum atomic E-state index is 0.896. The van der Waals surface area contributed by atoms with Crippen LogP contribution in [0.2, 0.25) is 0 Å². The van der Waals surface area contributed by atoms with E-state index in [4.69, 9.17) is 4.74 Å². The molecule has 2 aromatic carbocycles. The lowest BCUT2D eigenvalue weighted by Crippen LogP contribution is -2.46. The molecule has 0 atom stereocenters. The van der Waals surface area contributed by atoms with Crippen LogP contribution in [0.4, 0.5) is 11.5 Å². The van der Waals surface area contributed by atoms with Gasteiger partial charge in [0.05, 0.1) is 12.6 Å². The highest BCUT2D eigenvalue weighted by atomic mass is 79.9. The van der Waals surface area contributed by atoms with Gasteiger partial charge in [-0.2, -0.15) is 0 Å². The Morgan fingerprint density at radius 2 is 1.76 bits per heavy atom. The Morgan fingerprint density at radius 3 is 2.56 bits per heavy atom. The molecule has 0 N–H and O–H groups in total. The van der Waals surface area contributed by atoms with E-state index < -0.39 is 0 Å². The molecule has 3 aromatic rings. The Bertz CT molecular complexity index is 893. The van der Waals surface area contributed by atoms with Crippen LogP contribution < -0.4 is 14.5 Å². The van der Waals surface area contributed by atoms with Crippen LogP contribution in [0.3, 0.4) is 0 Å². The quantitative estimate of drug-likeness (QED) is 0.672. The van der Waals surface area contributed by atoms with E-state index in [1.54, 1.807) is 13.4 Å². The Labute approximate surface area is 155 Å². The van der Waals surface area contributed by atoms with Gasteiger partial charge in [0.25, 0.3) is 0 Å². The van der Waals surface area contributed by atoms with Crippen molar-refractivity contribution >= 4 is 38.3 Å². The van der Waals surface area contributed by atoms with E-state index in [2.05, 4.69) is 53.9 Å². The fraction of sp³-hybridized carbons (Fsp3) is 0.263. The number of hydrogen-bond acceptors (Lipinski definition) is 5. The Hall–Kier alpha value is -2.34. The van der Waals surface area contributed by atoms with E-state index in [0.29, 0.717) is 0 Å². The molecule has 1 aromatic heterocycles. The summed E-state index contributed by atoms with van der Waals surface area (Å²) in [4.78, 5) is 13.7. The number of nitrogens with zero attached hydrogens (tertiary/aromatic N) is 4. The van der Waals surface area contributed by atoms with Crippen molar-refractivity contribution in [2.75, 3.05) is 43.1 Å². The van der Waals surface area contributed by atoms with Crippen molar-refractivity contribution in [2.45, 2.75) is 0 Å². The monoisotopic (exact) mass is 398 g/mol. The highest BCUT2D eigenvalue weighted by Crippen LogP contribution is 2.28. The van der Waals surface area contributed by atoms with Gasteiger partial charge in [-0.1, -0.05) is 22.0 Å². The number of anilines is 2. The molecule has 0 bridgehead atoms. The summed E-state index contributed by atoms with van der Waals surface area (Å²) in [6.45, 7) is 3.77. The first-order valence-corrected chi connectivity index (χ1v) is 9.08. The van der Waals surface area contributed by atoms with E-state index in [-0.39, 0.29) is 0 Å². The van der Waals surface area contributed by atoms with Gasteiger partial charge in [0, 0.05) is 47.8 Å². The summed E-state index contributed by atoms with van der Waals surface area (Å²) in [5, 5.41) is 1.10. The predicted octanol–water partition coefficient (Wildman–Crippen LogP) is 3.73. The van der Waals surface area contributed by atoms with Gasteiger partial charge in [-0.15, -0.1) is 0 Å². The highest BCUT2D eigenvalue weighted by Gasteiger charge is 2.20. The smallest absolute Gasteiger partial charge is 0.140 e. The molecule has 1 saturated heterocycles. The van der Waals surface area contributed by atoms with Crippen LogP contribution in [0.15, 0.2) is 53.3 Å². The third kappa shape index (κ3) is 3.26. The van der Waals surface area contributed by atoms with Gasteiger partial charge >= 0.3 is 0 Å². The van der Waals surface area contributed by atoms with Crippen LogP contribution in [0.25, 0.3) is 10.9 Å². The number of ether oxygens (including phenoxy) is 1. The summed E-state index contributed by atoms with van der Waals surface area (Å²) in [7, 11) is 1.70. The summed E-state index contributed by atoms with van der Waals surface area (Å²) >= 11 is 3.51. The first-order chi connectivity index (χ1) is 12.2. The molecule has 0 spiro atoms. The third-order valence-corrected chi connectivity index (χ3v) is 5.07. The molecule has 5 nitrogen and oxygen atoms in total. The summed E-state index contributed by atoms with van der Waals surface area (Å²) in [5.41, 5.74) is 2.17. The average Bonchev–Trinajstić information content (AvgIpc) is 2.67. The van der Waals surface area contributed by atoms with E-state index in [0.717, 1.165) is 53.1 Å². The number of hydrogen-bond donors (Lipinski definition) is 0. The lowest BCUT2D eigenvalue weighted by atomic mass is 10.2. The number of piperazine rings is 1. The molecule has 1 aliphatic heterocycles. The van der Waals surface area contributed by atoms with Crippen LogP contribution >= 0.6 is 15.9 Å². The van der Waals surface area contributed by atoms with Crippen molar-refractivity contribution in [1.82, 2.24) is 9.97 Å². The first kappa shape index (κ1) is 16.1. The normalized spacial score (nSPS) is 14.8. The van der Waals surface area contributed by atoms with Crippen molar-refractivity contribution in [3.8, 4) is 5.75 Å². The molecule has 0 amide bonds. The maximum absolute atomic E-state index is 5.34. The van der Waals surface area contributed by atoms with Gasteiger partial charge in [-0.25, -0.2) is 9.97 Å². The second kappa shape index (κ2) is 6.88. The zero-order valence-corrected chi connectivity index (χ0v) is 15.6. The maximum atomic E-state index is 5.34. The maximum Gasteiger partial charge on any atom is 0.140 e. The number of fused-ring (bicyclic) bond motifs is 1. The fourth-order valence-corrected chi connectivity index (χ4v) is 3.60. The van der Waals surface area contributed by atoms with Gasteiger partial charge in [0.2, 0.25) is 0 Å². The van der Waals surface area contributed by atoms with Crippen molar-refractivity contribution in [1.29, 1.82) is 0 Å². The van der Waals surface area contributed by atoms with E-state index in [9.17, 15) is 0 Å². The first-order valence-electron chi connectivity index (χ1n) is 8.29. The lowest BCUT2D eigenvalue weighted by Gasteiger charge is -2.37. The van der Waals surface area contributed by atoms with Crippen molar-refractivity contribution < 1.29 is 4.74 Å². The number of benzene rings is 2. The Balaban J connectivity index is 1.54. The molecule has 1 fully saturated rings. The molecule has 1 aliphatic rings. The summed E-state index contributed by atoms with van der Waals surface area (Å²) < 4.78 is 6.37. The molecule has 128 valence electrons. The SMILES string of the molecule is COc1cccc(N2CCN(c3ncnc4cc(Br)ccc34)CC2)c1. The number of rotatable bonds is 3. The summed E-state index contributed by atoms with van der Waals surface area (Å²) in [6.07, 6.45) is 1.65. The predicted molar refractivity (Wildman–Crippen MR) is 105 cm³/mol. The van der Waals surface area contributed by atoms with Crippen molar-refractivity contribution in [3.05, 3.63) is 53.3 Å². The Kier molecular flexibility index (Phi) is 4.44. The molecule has 2 heterocycles. The summed E-state index contributed by atoms with van der Waals surface area (Å²) in [6, 6.07) is 14.4. The second-order valence-corrected chi connectivity index (χ2v) is 6.95. The molecule has 0 unspecified atom stereocenters. The van der Waals surface area contributed by atoms with Crippen molar-refractivity contribution in [3.63, 3.8) is 0 Å². The highest BCUT2D eigenvalue weighted by molar-refractivity contribution is 9.10. The van der Waals surface area contributed by atoms with Crippen LogP contribution in [0, 0.1) is 0 Å². The summed E-state index contributed by atoms with van der Waals surface area (Å²) in [5.74, 6) is 1.91. The molecule has 4 rings (SSSR count). The van der Waals surface area contributed by atoms with Gasteiger partial charge in [0.15, 0.2) is 0 Å². The molecule has 6 heteroatoms. The largest absolute Gasteiger partial charge is 0.497 e.